The number of anilines is 1. The van der Waals surface area contributed by atoms with Crippen LogP contribution in [0.3, 0.4) is 0 Å². The van der Waals surface area contributed by atoms with Crippen molar-refractivity contribution >= 4 is 11.6 Å². The van der Waals surface area contributed by atoms with Crippen LogP contribution in [0.1, 0.15) is 23.1 Å². The van der Waals surface area contributed by atoms with Crippen LogP contribution in [-0.2, 0) is 4.79 Å². The first-order chi connectivity index (χ1) is 10.6. The van der Waals surface area contributed by atoms with E-state index in [-0.39, 0.29) is 12.3 Å². The first-order valence-electron chi connectivity index (χ1n) is 7.14. The fourth-order valence-corrected chi connectivity index (χ4v) is 2.19. The zero-order chi connectivity index (χ0) is 15.9. The molecule has 1 N–H and O–H groups in total. The van der Waals surface area contributed by atoms with Gasteiger partial charge in [0.1, 0.15) is 5.75 Å². The number of terminal acetylenes is 1. The molecule has 112 valence electrons. The number of aryl methyl sites for hydroxylation is 2. The van der Waals surface area contributed by atoms with Gasteiger partial charge in [0, 0.05) is 11.3 Å². The molecule has 0 saturated carbocycles. The van der Waals surface area contributed by atoms with Crippen LogP contribution in [0, 0.1) is 26.2 Å². The van der Waals surface area contributed by atoms with Crippen molar-refractivity contribution in [1.29, 1.82) is 0 Å². The van der Waals surface area contributed by atoms with Crippen molar-refractivity contribution in [3.05, 3.63) is 59.2 Å². The second kappa shape index (κ2) is 7.33. The molecule has 0 radical (unpaired) electrons. The van der Waals surface area contributed by atoms with E-state index in [2.05, 4.69) is 17.3 Å². The van der Waals surface area contributed by atoms with Gasteiger partial charge in [0.2, 0.25) is 5.91 Å². The summed E-state index contributed by atoms with van der Waals surface area (Å²) in [6.07, 6.45) is 5.62. The molecule has 0 heterocycles. The Bertz CT molecular complexity index is 693. The van der Waals surface area contributed by atoms with E-state index in [1.54, 1.807) is 6.07 Å². The lowest BCUT2D eigenvalue weighted by Crippen LogP contribution is -2.15. The summed E-state index contributed by atoms with van der Waals surface area (Å²) in [4.78, 5) is 11.9. The highest BCUT2D eigenvalue weighted by Gasteiger charge is 2.04. The third kappa shape index (κ3) is 4.68. The molecule has 2 aromatic carbocycles. The van der Waals surface area contributed by atoms with E-state index in [9.17, 15) is 4.79 Å². The topological polar surface area (TPSA) is 38.3 Å². The molecule has 0 atom stereocenters. The Balaban J connectivity index is 1.84. The molecule has 2 rings (SSSR count). The van der Waals surface area contributed by atoms with Crippen molar-refractivity contribution in [1.82, 2.24) is 0 Å². The average molecular weight is 293 g/mol. The Kier molecular flexibility index (Phi) is 5.21. The van der Waals surface area contributed by atoms with E-state index in [1.807, 2.05) is 44.2 Å². The number of rotatable bonds is 5. The van der Waals surface area contributed by atoms with Gasteiger partial charge in [-0.1, -0.05) is 18.1 Å². The smallest absolute Gasteiger partial charge is 0.227 e. The van der Waals surface area contributed by atoms with Crippen molar-refractivity contribution in [2.24, 2.45) is 0 Å². The Morgan fingerprint density at radius 1 is 1.18 bits per heavy atom. The number of carbonyl (C=O) groups is 1. The number of hydrogen-bond donors (Lipinski definition) is 1. The summed E-state index contributed by atoms with van der Waals surface area (Å²) >= 11 is 0. The minimum atomic E-state index is -0.0986. The van der Waals surface area contributed by atoms with E-state index in [0.29, 0.717) is 12.3 Å². The fourth-order valence-electron chi connectivity index (χ4n) is 2.19. The Labute approximate surface area is 131 Å². The highest BCUT2D eigenvalue weighted by atomic mass is 16.5. The summed E-state index contributed by atoms with van der Waals surface area (Å²) in [5, 5.41) is 2.81. The average Bonchev–Trinajstić information content (AvgIpc) is 2.46. The van der Waals surface area contributed by atoms with Gasteiger partial charge in [-0.15, -0.1) is 6.42 Å². The molecule has 0 aliphatic carbocycles. The largest absolute Gasteiger partial charge is 0.493 e. The van der Waals surface area contributed by atoms with Crippen molar-refractivity contribution in [3.8, 4) is 18.1 Å². The standard InChI is InChI=1S/C19H19NO2/c1-4-16-6-5-7-17(13-16)20-19(21)8-9-22-18-11-14(2)10-15(3)12-18/h1,5-7,10-13H,8-9H2,2-3H3,(H,20,21). The van der Waals surface area contributed by atoms with Crippen LogP contribution in [0.15, 0.2) is 42.5 Å². The number of ether oxygens (including phenoxy) is 1. The number of benzene rings is 2. The summed E-state index contributed by atoms with van der Waals surface area (Å²) < 4.78 is 5.63. The highest BCUT2D eigenvalue weighted by molar-refractivity contribution is 5.90. The molecule has 0 aliphatic heterocycles. The van der Waals surface area contributed by atoms with E-state index < -0.39 is 0 Å². The van der Waals surface area contributed by atoms with Crippen LogP contribution in [0.25, 0.3) is 0 Å². The van der Waals surface area contributed by atoms with E-state index in [1.165, 1.54) is 0 Å². The lowest BCUT2D eigenvalue weighted by Gasteiger charge is -2.09. The molecule has 0 fully saturated rings. The van der Waals surface area contributed by atoms with Gasteiger partial charge in [0.15, 0.2) is 0 Å². The number of carbonyl (C=O) groups excluding carboxylic acids is 1. The first-order valence-corrected chi connectivity index (χ1v) is 7.14. The number of amides is 1. The molecule has 0 spiro atoms. The predicted molar refractivity (Wildman–Crippen MR) is 89.0 cm³/mol. The second-order valence-corrected chi connectivity index (χ2v) is 5.20. The number of hydrogen-bond acceptors (Lipinski definition) is 2. The SMILES string of the molecule is C#Cc1cccc(NC(=O)CCOc2cc(C)cc(C)c2)c1. The summed E-state index contributed by atoms with van der Waals surface area (Å²) in [6, 6.07) is 13.2. The van der Waals surface area contributed by atoms with E-state index in [4.69, 9.17) is 11.2 Å². The molecule has 3 heteroatoms. The van der Waals surface area contributed by atoms with Gasteiger partial charge in [-0.25, -0.2) is 0 Å². The maximum atomic E-state index is 11.9. The number of nitrogens with one attached hydrogen (secondary N) is 1. The lowest BCUT2D eigenvalue weighted by molar-refractivity contribution is -0.116. The van der Waals surface area contributed by atoms with Crippen LogP contribution in [0.2, 0.25) is 0 Å². The highest BCUT2D eigenvalue weighted by Crippen LogP contribution is 2.16. The van der Waals surface area contributed by atoms with E-state index in [0.717, 1.165) is 22.4 Å². The molecular weight excluding hydrogens is 274 g/mol. The van der Waals surface area contributed by atoms with Gasteiger partial charge < -0.3 is 10.1 Å². The third-order valence-corrected chi connectivity index (χ3v) is 3.11. The van der Waals surface area contributed by atoms with Crippen LogP contribution < -0.4 is 10.1 Å². The Hall–Kier alpha value is -2.73. The van der Waals surface area contributed by atoms with Crippen LogP contribution >= 0.6 is 0 Å². The van der Waals surface area contributed by atoms with Gasteiger partial charge in [0.25, 0.3) is 0 Å². The molecule has 1 amide bonds. The quantitative estimate of drug-likeness (QED) is 0.854. The van der Waals surface area contributed by atoms with Crippen LogP contribution in [0.4, 0.5) is 5.69 Å². The molecule has 0 bridgehead atoms. The summed E-state index contributed by atoms with van der Waals surface area (Å²) in [6.45, 7) is 4.37. The van der Waals surface area contributed by atoms with Crippen molar-refractivity contribution < 1.29 is 9.53 Å². The van der Waals surface area contributed by atoms with Gasteiger partial charge >= 0.3 is 0 Å². The minimum absolute atomic E-state index is 0.0986. The van der Waals surface area contributed by atoms with Crippen molar-refractivity contribution in [3.63, 3.8) is 0 Å². The third-order valence-electron chi connectivity index (χ3n) is 3.11. The van der Waals surface area contributed by atoms with Crippen LogP contribution in [0.5, 0.6) is 5.75 Å². The van der Waals surface area contributed by atoms with Crippen molar-refractivity contribution in [2.75, 3.05) is 11.9 Å². The monoisotopic (exact) mass is 293 g/mol. The normalized spacial score (nSPS) is 9.86. The van der Waals surface area contributed by atoms with Gasteiger partial charge in [-0.05, 0) is 55.3 Å². The summed E-state index contributed by atoms with van der Waals surface area (Å²) in [7, 11) is 0. The fraction of sp³-hybridized carbons (Fsp3) is 0.211. The Morgan fingerprint density at radius 2 is 1.91 bits per heavy atom. The second-order valence-electron chi connectivity index (χ2n) is 5.20. The zero-order valence-corrected chi connectivity index (χ0v) is 12.8. The van der Waals surface area contributed by atoms with Gasteiger partial charge in [-0.3, -0.25) is 4.79 Å². The molecule has 0 aromatic heterocycles. The minimum Gasteiger partial charge on any atom is -0.493 e. The maximum Gasteiger partial charge on any atom is 0.227 e. The van der Waals surface area contributed by atoms with Crippen molar-refractivity contribution in [2.45, 2.75) is 20.3 Å². The van der Waals surface area contributed by atoms with E-state index >= 15 is 0 Å². The molecule has 0 unspecified atom stereocenters. The first kappa shape index (κ1) is 15.7. The summed E-state index contributed by atoms with van der Waals surface area (Å²) in [5.74, 6) is 3.23. The zero-order valence-electron chi connectivity index (χ0n) is 12.8. The summed E-state index contributed by atoms with van der Waals surface area (Å²) in [5.41, 5.74) is 3.73. The molecule has 2 aromatic rings. The molecule has 0 aliphatic rings. The predicted octanol–water partition coefficient (Wildman–Crippen LogP) is 3.69. The lowest BCUT2D eigenvalue weighted by atomic mass is 10.1. The molecule has 22 heavy (non-hydrogen) atoms. The van der Waals surface area contributed by atoms with Crippen LogP contribution in [-0.4, -0.2) is 12.5 Å². The van der Waals surface area contributed by atoms with Gasteiger partial charge in [-0.2, -0.15) is 0 Å². The molecular formula is C19H19NO2. The molecule has 3 nitrogen and oxygen atoms in total. The molecule has 0 saturated heterocycles. The Morgan fingerprint density at radius 3 is 2.59 bits per heavy atom. The maximum absolute atomic E-state index is 11.9. The van der Waals surface area contributed by atoms with Gasteiger partial charge in [0.05, 0.1) is 13.0 Å².